The van der Waals surface area contributed by atoms with E-state index in [1.54, 1.807) is 37.8 Å². The third-order valence-corrected chi connectivity index (χ3v) is 6.95. The number of benzene rings is 2. The predicted octanol–water partition coefficient (Wildman–Crippen LogP) is 4.19. The molecule has 1 amide bonds. The topological polar surface area (TPSA) is 94.6 Å². The van der Waals surface area contributed by atoms with Gasteiger partial charge in [-0.15, -0.1) is 0 Å². The second kappa shape index (κ2) is 10.3. The molecule has 4 aromatic rings. The zero-order valence-electron chi connectivity index (χ0n) is 22.5. The van der Waals surface area contributed by atoms with Gasteiger partial charge >= 0.3 is 0 Å². The van der Waals surface area contributed by atoms with E-state index in [0.29, 0.717) is 29.1 Å². The number of hydrogen-bond donors (Lipinski definition) is 0. The highest BCUT2D eigenvalue weighted by Crippen LogP contribution is 2.33. The van der Waals surface area contributed by atoms with Gasteiger partial charge in [-0.3, -0.25) is 14.2 Å². The molecule has 0 bridgehead atoms. The molecule has 200 valence electrons. The Balaban J connectivity index is 1.56. The minimum atomic E-state index is -0.470. The Morgan fingerprint density at radius 3 is 2.36 bits per heavy atom. The van der Waals surface area contributed by atoms with E-state index >= 15 is 0 Å². The molecule has 0 radical (unpaired) electrons. The number of hydrogen-bond acceptors (Lipinski definition) is 6. The van der Waals surface area contributed by atoms with Crippen LogP contribution < -0.4 is 10.3 Å². The van der Waals surface area contributed by atoms with Crippen molar-refractivity contribution in [3.8, 4) is 11.7 Å². The average molecular weight is 529 g/mol. The van der Waals surface area contributed by atoms with Crippen LogP contribution in [-0.2, 0) is 11.3 Å². The molecule has 2 aromatic heterocycles. The Bertz CT molecular complexity index is 1640. The summed E-state index contributed by atoms with van der Waals surface area (Å²) in [6.45, 7) is 6.87. The Labute approximate surface area is 225 Å². The first-order chi connectivity index (χ1) is 18.7. The molecule has 2 aromatic carbocycles. The highest BCUT2D eigenvalue weighted by atomic mass is 19.1. The summed E-state index contributed by atoms with van der Waals surface area (Å²) in [5.74, 6) is 0.202. The second-order valence-electron chi connectivity index (χ2n) is 9.64. The molecule has 0 N–H and O–H groups in total. The SMILES string of the molecule is COc1ccc(C2=NN(C(=O)Cn3c(-n4nc(C)cc4C)nc(C)c(C)c3=O)C(c3ccc(F)cc3)C2)cc1. The van der Waals surface area contributed by atoms with Crippen molar-refractivity contribution < 1.29 is 13.9 Å². The molecule has 5 rings (SSSR count). The summed E-state index contributed by atoms with van der Waals surface area (Å²) in [6, 6.07) is 14.9. The van der Waals surface area contributed by atoms with Crippen LogP contribution in [0.25, 0.3) is 5.95 Å². The lowest BCUT2D eigenvalue weighted by Crippen LogP contribution is -2.37. The lowest BCUT2D eigenvalue weighted by atomic mass is 9.98. The van der Waals surface area contributed by atoms with Gasteiger partial charge in [-0.05, 0) is 81.3 Å². The largest absolute Gasteiger partial charge is 0.497 e. The second-order valence-corrected chi connectivity index (χ2v) is 9.64. The van der Waals surface area contributed by atoms with Gasteiger partial charge < -0.3 is 4.74 Å². The molecular formula is C29H29FN6O3. The van der Waals surface area contributed by atoms with Crippen molar-refractivity contribution in [2.45, 2.75) is 46.7 Å². The minimum Gasteiger partial charge on any atom is -0.497 e. The van der Waals surface area contributed by atoms with Crippen molar-refractivity contribution >= 4 is 11.6 Å². The van der Waals surface area contributed by atoms with E-state index in [9.17, 15) is 14.0 Å². The molecule has 1 aliphatic heterocycles. The zero-order chi connectivity index (χ0) is 27.8. The minimum absolute atomic E-state index is 0.263. The summed E-state index contributed by atoms with van der Waals surface area (Å²) in [6.07, 6.45) is 0.425. The highest BCUT2D eigenvalue weighted by molar-refractivity contribution is 6.03. The molecule has 39 heavy (non-hydrogen) atoms. The van der Waals surface area contributed by atoms with Gasteiger partial charge in [0, 0.05) is 23.4 Å². The summed E-state index contributed by atoms with van der Waals surface area (Å²) in [4.78, 5) is 31.9. The number of amides is 1. The van der Waals surface area contributed by atoms with E-state index in [-0.39, 0.29) is 23.9 Å². The maximum absolute atomic E-state index is 13.9. The standard InChI is InChI=1S/C29H29FN6O3/c1-17-14-18(2)35(32-17)29-31-20(4)19(3)28(38)34(29)16-27(37)36-26(22-6-10-23(30)11-7-22)15-25(33-36)21-8-12-24(39-5)13-9-21/h6-14,26H,15-16H2,1-5H3. The van der Waals surface area contributed by atoms with Gasteiger partial charge in [0.25, 0.3) is 11.5 Å². The number of aromatic nitrogens is 4. The normalized spacial score (nSPS) is 15.0. The van der Waals surface area contributed by atoms with E-state index in [0.717, 1.165) is 22.5 Å². The van der Waals surface area contributed by atoms with E-state index in [1.165, 1.54) is 21.7 Å². The summed E-state index contributed by atoms with van der Waals surface area (Å²) >= 11 is 0. The quantitative estimate of drug-likeness (QED) is 0.374. The molecule has 0 fully saturated rings. The molecule has 0 aliphatic carbocycles. The fourth-order valence-corrected chi connectivity index (χ4v) is 4.73. The third-order valence-electron chi connectivity index (χ3n) is 6.95. The lowest BCUT2D eigenvalue weighted by molar-refractivity contribution is -0.133. The van der Waals surface area contributed by atoms with Crippen LogP contribution >= 0.6 is 0 Å². The van der Waals surface area contributed by atoms with Crippen molar-refractivity contribution in [1.29, 1.82) is 0 Å². The molecule has 9 nitrogen and oxygen atoms in total. The molecule has 0 spiro atoms. The number of aryl methyl sites for hydroxylation is 3. The van der Waals surface area contributed by atoms with Crippen LogP contribution in [0.4, 0.5) is 4.39 Å². The van der Waals surface area contributed by atoms with Crippen molar-refractivity contribution in [3.63, 3.8) is 0 Å². The van der Waals surface area contributed by atoms with Crippen molar-refractivity contribution in [2.24, 2.45) is 5.10 Å². The summed E-state index contributed by atoms with van der Waals surface area (Å²) in [7, 11) is 1.59. The predicted molar refractivity (Wildman–Crippen MR) is 145 cm³/mol. The molecule has 0 saturated carbocycles. The monoisotopic (exact) mass is 528 g/mol. The van der Waals surface area contributed by atoms with Crippen LogP contribution in [0.3, 0.4) is 0 Å². The first-order valence-corrected chi connectivity index (χ1v) is 12.6. The maximum atomic E-state index is 13.9. The first-order valence-electron chi connectivity index (χ1n) is 12.6. The van der Waals surface area contributed by atoms with E-state index in [2.05, 4.69) is 10.1 Å². The maximum Gasteiger partial charge on any atom is 0.263 e. The van der Waals surface area contributed by atoms with Crippen LogP contribution in [0.5, 0.6) is 5.75 Å². The van der Waals surface area contributed by atoms with Crippen molar-refractivity contribution in [1.82, 2.24) is 24.3 Å². The zero-order valence-corrected chi connectivity index (χ0v) is 22.5. The summed E-state index contributed by atoms with van der Waals surface area (Å²) in [5.41, 5.74) is 4.52. The van der Waals surface area contributed by atoms with Crippen LogP contribution in [0.15, 0.2) is 64.5 Å². The van der Waals surface area contributed by atoms with Crippen molar-refractivity contribution in [3.05, 3.63) is 105 Å². The molecule has 10 heteroatoms. The molecule has 0 saturated heterocycles. The van der Waals surface area contributed by atoms with E-state index < -0.39 is 11.9 Å². The van der Waals surface area contributed by atoms with Gasteiger partial charge in [0.2, 0.25) is 5.95 Å². The Morgan fingerprint density at radius 2 is 1.74 bits per heavy atom. The number of hydrazone groups is 1. The number of nitrogens with zero attached hydrogens (tertiary/aromatic N) is 6. The average Bonchev–Trinajstić information content (AvgIpc) is 3.52. The molecular weight excluding hydrogens is 499 g/mol. The lowest BCUT2D eigenvalue weighted by Gasteiger charge is -2.23. The Morgan fingerprint density at radius 1 is 1.05 bits per heavy atom. The number of ether oxygens (including phenoxy) is 1. The summed E-state index contributed by atoms with van der Waals surface area (Å²) < 4.78 is 21.9. The van der Waals surface area contributed by atoms with Crippen LogP contribution in [0, 0.1) is 33.5 Å². The first kappa shape index (κ1) is 26.0. The van der Waals surface area contributed by atoms with Crippen LogP contribution in [-0.4, -0.2) is 43.1 Å². The van der Waals surface area contributed by atoms with Crippen LogP contribution in [0.1, 0.15) is 46.2 Å². The van der Waals surface area contributed by atoms with Gasteiger partial charge in [-0.25, -0.2) is 19.1 Å². The van der Waals surface area contributed by atoms with Crippen molar-refractivity contribution in [2.75, 3.05) is 7.11 Å². The summed E-state index contributed by atoms with van der Waals surface area (Å²) in [5, 5.41) is 10.6. The fraction of sp³-hybridized carbons (Fsp3) is 0.276. The van der Waals surface area contributed by atoms with E-state index in [4.69, 9.17) is 9.84 Å². The number of methoxy groups -OCH3 is 1. The smallest absolute Gasteiger partial charge is 0.263 e. The van der Waals surface area contributed by atoms with Gasteiger partial charge in [-0.1, -0.05) is 12.1 Å². The third kappa shape index (κ3) is 4.97. The molecule has 1 unspecified atom stereocenters. The van der Waals surface area contributed by atoms with Gasteiger partial charge in [0.05, 0.1) is 24.6 Å². The number of rotatable bonds is 6. The number of carbonyl (C=O) groups is 1. The molecule has 1 atom stereocenters. The Kier molecular flexibility index (Phi) is 6.86. The number of halogens is 1. The number of carbonyl (C=O) groups excluding carboxylic acids is 1. The van der Waals surface area contributed by atoms with Crippen LogP contribution in [0.2, 0.25) is 0 Å². The Hall–Kier alpha value is -4.60. The van der Waals surface area contributed by atoms with E-state index in [1.807, 2.05) is 44.2 Å². The van der Waals surface area contributed by atoms with Gasteiger partial charge in [-0.2, -0.15) is 10.2 Å². The highest BCUT2D eigenvalue weighted by Gasteiger charge is 2.34. The fourth-order valence-electron chi connectivity index (χ4n) is 4.73. The molecule has 3 heterocycles. The van der Waals surface area contributed by atoms with Gasteiger partial charge in [0.15, 0.2) is 0 Å². The van der Waals surface area contributed by atoms with Gasteiger partial charge in [0.1, 0.15) is 18.1 Å². The molecule has 1 aliphatic rings.